The zero-order valence-corrected chi connectivity index (χ0v) is 12.1. The fourth-order valence-electron chi connectivity index (χ4n) is 1.70. The summed E-state index contributed by atoms with van der Waals surface area (Å²) in [5, 5.41) is 12.2. The Morgan fingerprint density at radius 2 is 2.06 bits per heavy atom. The van der Waals surface area contributed by atoms with Crippen LogP contribution in [-0.2, 0) is 13.1 Å². The van der Waals surface area contributed by atoms with Crippen molar-refractivity contribution in [3.05, 3.63) is 34.2 Å². The van der Waals surface area contributed by atoms with E-state index in [1.165, 1.54) is 5.56 Å². The van der Waals surface area contributed by atoms with Crippen LogP contribution in [0.1, 0.15) is 38.1 Å². The lowest BCUT2D eigenvalue weighted by Crippen LogP contribution is -2.40. The molecule has 0 amide bonds. The van der Waals surface area contributed by atoms with Crippen LogP contribution in [0.15, 0.2) is 21.2 Å². The largest absolute Gasteiger partial charge is 0.424 e. The second-order valence-corrected chi connectivity index (χ2v) is 6.15. The Bertz CT molecular complexity index is 485. The van der Waals surface area contributed by atoms with Gasteiger partial charge >= 0.3 is 0 Å². The quantitative estimate of drug-likeness (QED) is 0.851. The fraction of sp³-hybridized carbons (Fsp3) is 0.538. The highest BCUT2D eigenvalue weighted by Gasteiger charge is 2.23. The van der Waals surface area contributed by atoms with Crippen LogP contribution < -0.4 is 0 Å². The van der Waals surface area contributed by atoms with Crippen LogP contribution in [0.4, 0.5) is 0 Å². The van der Waals surface area contributed by atoms with Gasteiger partial charge in [-0.2, -0.15) is 11.3 Å². The van der Waals surface area contributed by atoms with E-state index in [4.69, 9.17) is 4.42 Å². The SMILES string of the molecule is Cc1nnc(CN(Cc2ccsc2)C(C)(C)C)o1. The van der Waals surface area contributed by atoms with Gasteiger partial charge in [0, 0.05) is 19.0 Å². The summed E-state index contributed by atoms with van der Waals surface area (Å²) >= 11 is 1.72. The van der Waals surface area contributed by atoms with Gasteiger partial charge in [-0.05, 0) is 43.2 Å². The molecule has 0 aliphatic heterocycles. The Hall–Kier alpha value is -1.20. The number of thiophene rings is 1. The van der Waals surface area contributed by atoms with Gasteiger partial charge in [0.15, 0.2) is 0 Å². The molecule has 18 heavy (non-hydrogen) atoms. The lowest BCUT2D eigenvalue weighted by Gasteiger charge is -2.34. The van der Waals surface area contributed by atoms with E-state index >= 15 is 0 Å². The molecule has 0 saturated heterocycles. The van der Waals surface area contributed by atoms with Crippen molar-refractivity contribution in [1.82, 2.24) is 15.1 Å². The van der Waals surface area contributed by atoms with Crippen LogP contribution in [0.25, 0.3) is 0 Å². The monoisotopic (exact) mass is 265 g/mol. The Labute approximate surface area is 112 Å². The maximum atomic E-state index is 5.47. The molecular formula is C13H19N3OS. The lowest BCUT2D eigenvalue weighted by molar-refractivity contribution is 0.106. The van der Waals surface area contributed by atoms with Gasteiger partial charge in [0.05, 0.1) is 6.54 Å². The minimum absolute atomic E-state index is 0.0598. The first-order valence-electron chi connectivity index (χ1n) is 6.00. The first-order valence-corrected chi connectivity index (χ1v) is 6.94. The molecule has 0 N–H and O–H groups in total. The van der Waals surface area contributed by atoms with E-state index in [0.29, 0.717) is 18.3 Å². The summed E-state index contributed by atoms with van der Waals surface area (Å²) in [6.07, 6.45) is 0. The summed E-state index contributed by atoms with van der Waals surface area (Å²) in [6.45, 7) is 9.99. The second-order valence-electron chi connectivity index (χ2n) is 5.37. The average Bonchev–Trinajstić information content (AvgIpc) is 2.88. The van der Waals surface area contributed by atoms with Crippen molar-refractivity contribution in [2.24, 2.45) is 0 Å². The molecule has 2 heterocycles. The maximum absolute atomic E-state index is 5.47. The van der Waals surface area contributed by atoms with Gasteiger partial charge in [-0.3, -0.25) is 4.90 Å². The van der Waals surface area contributed by atoms with Crippen LogP contribution in [0, 0.1) is 6.92 Å². The third-order valence-corrected chi connectivity index (χ3v) is 3.53. The molecule has 0 saturated carbocycles. The highest BCUT2D eigenvalue weighted by atomic mass is 32.1. The van der Waals surface area contributed by atoms with E-state index < -0.39 is 0 Å². The van der Waals surface area contributed by atoms with Gasteiger partial charge in [0.2, 0.25) is 11.8 Å². The van der Waals surface area contributed by atoms with Gasteiger partial charge in [-0.25, -0.2) is 0 Å². The van der Waals surface area contributed by atoms with Crippen molar-refractivity contribution in [1.29, 1.82) is 0 Å². The highest BCUT2D eigenvalue weighted by Crippen LogP contribution is 2.21. The minimum atomic E-state index is 0.0598. The number of hydrogen-bond donors (Lipinski definition) is 0. The Morgan fingerprint density at radius 3 is 2.56 bits per heavy atom. The Balaban J connectivity index is 2.11. The average molecular weight is 265 g/mol. The zero-order chi connectivity index (χ0) is 13.2. The summed E-state index contributed by atoms with van der Waals surface area (Å²) in [7, 11) is 0. The first-order chi connectivity index (χ1) is 8.45. The molecule has 98 valence electrons. The predicted molar refractivity (Wildman–Crippen MR) is 72.4 cm³/mol. The van der Waals surface area contributed by atoms with E-state index in [2.05, 4.69) is 52.7 Å². The third kappa shape index (κ3) is 3.40. The van der Waals surface area contributed by atoms with Crippen molar-refractivity contribution >= 4 is 11.3 Å². The molecule has 0 unspecified atom stereocenters. The summed E-state index contributed by atoms with van der Waals surface area (Å²) < 4.78 is 5.47. The number of rotatable bonds is 4. The minimum Gasteiger partial charge on any atom is -0.424 e. The van der Waals surface area contributed by atoms with E-state index in [1.54, 1.807) is 11.3 Å². The predicted octanol–water partition coefficient (Wildman–Crippen LogP) is 3.24. The smallest absolute Gasteiger partial charge is 0.230 e. The molecule has 0 spiro atoms. The molecule has 0 fully saturated rings. The second kappa shape index (κ2) is 5.20. The first kappa shape index (κ1) is 13.2. The summed E-state index contributed by atoms with van der Waals surface area (Å²) in [5.74, 6) is 1.30. The normalized spacial score (nSPS) is 12.3. The van der Waals surface area contributed by atoms with Crippen LogP contribution in [0.2, 0.25) is 0 Å². The van der Waals surface area contributed by atoms with Gasteiger partial charge in [0.25, 0.3) is 0 Å². The molecule has 0 bridgehead atoms. The molecule has 0 radical (unpaired) electrons. The summed E-state index contributed by atoms with van der Waals surface area (Å²) in [5.41, 5.74) is 1.38. The van der Waals surface area contributed by atoms with Gasteiger partial charge in [-0.15, -0.1) is 10.2 Å². The number of aryl methyl sites for hydroxylation is 1. The molecule has 2 aromatic rings. The summed E-state index contributed by atoms with van der Waals surface area (Å²) in [4.78, 5) is 2.34. The molecule has 2 aromatic heterocycles. The van der Waals surface area contributed by atoms with Crippen LogP contribution in [-0.4, -0.2) is 20.6 Å². The van der Waals surface area contributed by atoms with E-state index in [9.17, 15) is 0 Å². The fourth-order valence-corrected chi connectivity index (χ4v) is 2.36. The van der Waals surface area contributed by atoms with Crippen molar-refractivity contribution in [2.45, 2.75) is 46.3 Å². The van der Waals surface area contributed by atoms with E-state index in [1.807, 2.05) is 6.92 Å². The van der Waals surface area contributed by atoms with Crippen LogP contribution >= 0.6 is 11.3 Å². The van der Waals surface area contributed by atoms with Gasteiger partial charge in [-0.1, -0.05) is 0 Å². The molecule has 0 aliphatic rings. The molecule has 5 heteroatoms. The molecule has 0 aromatic carbocycles. The molecule has 0 atom stereocenters. The topological polar surface area (TPSA) is 42.2 Å². The number of aromatic nitrogens is 2. The maximum Gasteiger partial charge on any atom is 0.230 e. The van der Waals surface area contributed by atoms with Crippen molar-refractivity contribution in [2.75, 3.05) is 0 Å². The van der Waals surface area contributed by atoms with Crippen molar-refractivity contribution in [3.63, 3.8) is 0 Å². The zero-order valence-electron chi connectivity index (χ0n) is 11.3. The van der Waals surface area contributed by atoms with E-state index in [0.717, 1.165) is 6.54 Å². The Morgan fingerprint density at radius 1 is 1.28 bits per heavy atom. The third-order valence-electron chi connectivity index (χ3n) is 2.80. The van der Waals surface area contributed by atoms with Crippen molar-refractivity contribution < 1.29 is 4.42 Å². The van der Waals surface area contributed by atoms with Crippen LogP contribution in [0.5, 0.6) is 0 Å². The molecule has 2 rings (SSSR count). The Kier molecular flexibility index (Phi) is 3.82. The molecular weight excluding hydrogens is 246 g/mol. The van der Waals surface area contributed by atoms with Crippen molar-refractivity contribution in [3.8, 4) is 0 Å². The van der Waals surface area contributed by atoms with E-state index in [-0.39, 0.29) is 5.54 Å². The lowest BCUT2D eigenvalue weighted by atomic mass is 10.1. The summed E-state index contributed by atoms with van der Waals surface area (Å²) in [6, 6.07) is 2.16. The van der Waals surface area contributed by atoms with Crippen LogP contribution in [0.3, 0.4) is 0 Å². The van der Waals surface area contributed by atoms with Gasteiger partial charge in [0.1, 0.15) is 0 Å². The molecule has 4 nitrogen and oxygen atoms in total. The molecule has 0 aliphatic carbocycles. The highest BCUT2D eigenvalue weighted by molar-refractivity contribution is 7.07. The number of nitrogens with zero attached hydrogens (tertiary/aromatic N) is 3. The number of hydrogen-bond acceptors (Lipinski definition) is 5. The standard InChI is InChI=1S/C13H19N3OS/c1-10-14-15-12(17-10)8-16(13(2,3)4)7-11-5-6-18-9-11/h5-6,9H,7-8H2,1-4H3. The van der Waals surface area contributed by atoms with Gasteiger partial charge < -0.3 is 4.42 Å².